The Balaban J connectivity index is 1.56. The molecule has 33 heavy (non-hydrogen) atoms. The zero-order chi connectivity index (χ0) is 23.8. The van der Waals surface area contributed by atoms with Crippen LogP contribution in [0.25, 0.3) is 11.4 Å². The molecule has 0 saturated carbocycles. The van der Waals surface area contributed by atoms with Gasteiger partial charge >= 0.3 is 12.1 Å². The van der Waals surface area contributed by atoms with Crippen LogP contribution in [0, 0.1) is 5.92 Å². The van der Waals surface area contributed by atoms with Crippen LogP contribution in [0.1, 0.15) is 62.2 Å². The number of carbonyl (C=O) groups is 2. The number of amides is 2. The van der Waals surface area contributed by atoms with Crippen LogP contribution < -0.4 is 10.5 Å². The molecule has 0 bridgehead atoms. The Morgan fingerprint density at radius 2 is 1.94 bits per heavy atom. The van der Waals surface area contributed by atoms with E-state index in [0.29, 0.717) is 50.3 Å². The number of nitrogens with zero attached hydrogens (tertiary/aromatic N) is 5. The second-order valence-corrected chi connectivity index (χ2v) is 9.59. The smallest absolute Gasteiger partial charge is 0.410 e. The van der Waals surface area contributed by atoms with Crippen LogP contribution in [0.3, 0.4) is 0 Å². The first-order valence-electron chi connectivity index (χ1n) is 11.5. The van der Waals surface area contributed by atoms with Crippen molar-refractivity contribution in [3.05, 3.63) is 23.0 Å². The summed E-state index contributed by atoms with van der Waals surface area (Å²) in [5.74, 6) is -0.237. The van der Waals surface area contributed by atoms with E-state index >= 15 is 0 Å². The summed E-state index contributed by atoms with van der Waals surface area (Å²) in [7, 11) is 0. The van der Waals surface area contributed by atoms with Gasteiger partial charge in [-0.05, 0) is 64.9 Å². The first-order valence-corrected chi connectivity index (χ1v) is 11.5. The predicted octanol–water partition coefficient (Wildman–Crippen LogP) is 2.58. The van der Waals surface area contributed by atoms with Crippen molar-refractivity contribution in [2.24, 2.45) is 11.7 Å². The third-order valence-corrected chi connectivity index (χ3v) is 5.97. The highest BCUT2D eigenvalue weighted by Crippen LogP contribution is 2.35. The molecular formula is C23H32N6O4. The van der Waals surface area contributed by atoms with Crippen LogP contribution in [-0.4, -0.2) is 61.9 Å². The molecule has 1 aliphatic carbocycles. The van der Waals surface area contributed by atoms with Gasteiger partial charge in [0.05, 0.1) is 18.0 Å². The molecule has 0 unspecified atom stereocenters. The average Bonchev–Trinajstić information content (AvgIpc) is 3.12. The minimum Gasteiger partial charge on any atom is -0.464 e. The number of rotatable bonds is 5. The molecule has 0 radical (unpaired) electrons. The molecule has 0 spiro atoms. The second kappa shape index (κ2) is 8.99. The fourth-order valence-electron chi connectivity index (χ4n) is 4.44. The predicted molar refractivity (Wildman–Crippen MR) is 121 cm³/mol. The van der Waals surface area contributed by atoms with Gasteiger partial charge in [-0.2, -0.15) is 10.1 Å². The first kappa shape index (κ1) is 23.0. The summed E-state index contributed by atoms with van der Waals surface area (Å²) < 4.78 is 12.9. The number of ether oxygens (including phenoxy) is 2. The van der Waals surface area contributed by atoms with Crippen molar-refractivity contribution >= 4 is 12.0 Å². The standard InChI is InChI=1S/C23H32N6O4/c1-5-32-21-25-12-15-6-7-16-18(20(24)30)27-29(19(16)17(15)26-21)13-14-8-10-28(11-9-14)22(31)33-23(2,3)4/h12,14H,5-11,13H2,1-4H3,(H2,24,30). The lowest BCUT2D eigenvalue weighted by Gasteiger charge is -2.33. The number of primary amides is 1. The maximum Gasteiger partial charge on any atom is 0.410 e. The Morgan fingerprint density at radius 1 is 1.21 bits per heavy atom. The zero-order valence-electron chi connectivity index (χ0n) is 19.8. The molecule has 2 aromatic rings. The van der Waals surface area contributed by atoms with Gasteiger partial charge in [0, 0.05) is 31.4 Å². The Morgan fingerprint density at radius 3 is 2.58 bits per heavy atom. The monoisotopic (exact) mass is 456 g/mol. The van der Waals surface area contributed by atoms with Crippen molar-refractivity contribution < 1.29 is 19.1 Å². The number of carbonyl (C=O) groups excluding carboxylic acids is 2. The molecule has 4 rings (SSSR count). The zero-order valence-corrected chi connectivity index (χ0v) is 19.8. The van der Waals surface area contributed by atoms with E-state index in [1.165, 1.54) is 0 Å². The third kappa shape index (κ3) is 4.94. The number of aromatic nitrogens is 4. The SMILES string of the molecule is CCOc1ncc2c(n1)-c1c(c(C(N)=O)nn1CC1CCN(C(=O)OC(C)(C)C)CC1)CC2. The highest BCUT2D eigenvalue weighted by atomic mass is 16.6. The van der Waals surface area contributed by atoms with Gasteiger partial charge in [0.1, 0.15) is 5.60 Å². The Labute approximate surface area is 193 Å². The van der Waals surface area contributed by atoms with Gasteiger partial charge in [0.2, 0.25) is 0 Å². The van der Waals surface area contributed by atoms with Gasteiger partial charge in [-0.3, -0.25) is 9.48 Å². The summed E-state index contributed by atoms with van der Waals surface area (Å²) >= 11 is 0. The van der Waals surface area contributed by atoms with Crippen molar-refractivity contribution in [3.8, 4) is 17.4 Å². The van der Waals surface area contributed by atoms with Gasteiger partial charge in [-0.25, -0.2) is 9.78 Å². The van der Waals surface area contributed by atoms with E-state index in [9.17, 15) is 9.59 Å². The maximum atomic E-state index is 12.4. The molecule has 1 aliphatic heterocycles. The second-order valence-electron chi connectivity index (χ2n) is 9.59. The molecular weight excluding hydrogens is 424 g/mol. The lowest BCUT2D eigenvalue weighted by atomic mass is 9.92. The van der Waals surface area contributed by atoms with Crippen LogP contribution >= 0.6 is 0 Å². The largest absolute Gasteiger partial charge is 0.464 e. The molecule has 0 atom stereocenters. The fraction of sp³-hybridized carbons (Fsp3) is 0.609. The summed E-state index contributed by atoms with van der Waals surface area (Å²) in [6, 6.07) is 0.308. The van der Waals surface area contributed by atoms with E-state index in [1.807, 2.05) is 32.4 Å². The van der Waals surface area contributed by atoms with Gasteiger partial charge in [0.25, 0.3) is 5.91 Å². The van der Waals surface area contributed by atoms with E-state index in [-0.39, 0.29) is 6.09 Å². The molecule has 1 saturated heterocycles. The first-order chi connectivity index (χ1) is 15.7. The Hall–Kier alpha value is -3.17. The van der Waals surface area contributed by atoms with E-state index < -0.39 is 11.5 Å². The van der Waals surface area contributed by atoms with E-state index in [0.717, 1.165) is 41.8 Å². The highest BCUT2D eigenvalue weighted by Gasteiger charge is 2.32. The van der Waals surface area contributed by atoms with Crippen LogP contribution in [0.4, 0.5) is 4.79 Å². The van der Waals surface area contributed by atoms with Crippen LogP contribution in [-0.2, 0) is 24.1 Å². The van der Waals surface area contributed by atoms with Crippen molar-refractivity contribution in [1.82, 2.24) is 24.6 Å². The molecule has 2 aliphatic rings. The molecule has 10 heteroatoms. The number of hydrogen-bond donors (Lipinski definition) is 1. The third-order valence-electron chi connectivity index (χ3n) is 5.97. The number of likely N-dealkylation sites (tertiary alicyclic amines) is 1. The lowest BCUT2D eigenvalue weighted by Crippen LogP contribution is -2.42. The molecule has 2 aromatic heterocycles. The summed E-state index contributed by atoms with van der Waals surface area (Å²) in [6.45, 7) is 9.82. The molecule has 178 valence electrons. The normalized spacial score (nSPS) is 16.2. The Kier molecular flexibility index (Phi) is 6.27. The minimum atomic E-state index is -0.535. The summed E-state index contributed by atoms with van der Waals surface area (Å²) in [4.78, 5) is 35.2. The quantitative estimate of drug-likeness (QED) is 0.733. The maximum absolute atomic E-state index is 12.4. The molecule has 2 N–H and O–H groups in total. The average molecular weight is 457 g/mol. The minimum absolute atomic E-state index is 0.275. The fourth-order valence-corrected chi connectivity index (χ4v) is 4.44. The van der Waals surface area contributed by atoms with Gasteiger partial charge in [-0.15, -0.1) is 0 Å². The van der Waals surface area contributed by atoms with Gasteiger partial charge in [-0.1, -0.05) is 0 Å². The number of fused-ring (bicyclic) bond motifs is 3. The van der Waals surface area contributed by atoms with Crippen LogP contribution in [0.2, 0.25) is 0 Å². The molecule has 3 heterocycles. The van der Waals surface area contributed by atoms with Crippen molar-refractivity contribution in [3.63, 3.8) is 0 Å². The number of piperidine rings is 1. The molecule has 1 fully saturated rings. The topological polar surface area (TPSA) is 125 Å². The molecule has 2 amide bonds. The van der Waals surface area contributed by atoms with E-state index in [2.05, 4.69) is 15.1 Å². The summed E-state index contributed by atoms with van der Waals surface area (Å²) in [5.41, 5.74) is 8.86. The van der Waals surface area contributed by atoms with Crippen molar-refractivity contribution in [1.29, 1.82) is 0 Å². The van der Waals surface area contributed by atoms with Gasteiger partial charge < -0.3 is 20.1 Å². The molecule has 0 aromatic carbocycles. The van der Waals surface area contributed by atoms with Crippen molar-refractivity contribution in [2.45, 2.75) is 65.5 Å². The summed E-state index contributed by atoms with van der Waals surface area (Å²) in [6.07, 6.45) is 4.53. The van der Waals surface area contributed by atoms with Gasteiger partial charge in [0.15, 0.2) is 5.69 Å². The van der Waals surface area contributed by atoms with E-state index in [4.69, 9.17) is 15.2 Å². The highest BCUT2D eigenvalue weighted by molar-refractivity contribution is 5.94. The lowest BCUT2D eigenvalue weighted by molar-refractivity contribution is 0.0177. The van der Waals surface area contributed by atoms with Crippen LogP contribution in [0.15, 0.2) is 6.20 Å². The number of aryl methyl sites for hydroxylation is 1. The van der Waals surface area contributed by atoms with E-state index in [1.54, 1.807) is 11.1 Å². The Bertz CT molecular complexity index is 1050. The van der Waals surface area contributed by atoms with Crippen LogP contribution in [0.5, 0.6) is 6.01 Å². The number of hydrogen-bond acceptors (Lipinski definition) is 7. The molecule has 10 nitrogen and oxygen atoms in total. The number of nitrogens with two attached hydrogens (primary N) is 1. The van der Waals surface area contributed by atoms with Crippen molar-refractivity contribution in [2.75, 3.05) is 19.7 Å². The summed E-state index contributed by atoms with van der Waals surface area (Å²) in [5, 5.41) is 4.60.